The predicted molar refractivity (Wildman–Crippen MR) is 103 cm³/mol. The van der Waals surface area contributed by atoms with Gasteiger partial charge in [-0.3, -0.25) is 15.3 Å². The smallest absolute Gasteiger partial charge is 0.0530 e. The van der Waals surface area contributed by atoms with Gasteiger partial charge in [0, 0.05) is 56.7 Å². The molecule has 2 unspecified atom stereocenters. The highest BCUT2D eigenvalue weighted by atomic mass is 16.5. The Hall–Kier alpha value is -1.05. The second-order valence-electron chi connectivity index (χ2n) is 8.06. The van der Waals surface area contributed by atoms with Gasteiger partial charge in [-0.2, -0.15) is 0 Å². The number of hydrogen-bond acceptors (Lipinski definition) is 6. The summed E-state index contributed by atoms with van der Waals surface area (Å²) in [7, 11) is 0. The number of nitrogens with zero attached hydrogens (tertiary/aromatic N) is 2. The number of nitrogens with one attached hydrogen (secondary N) is 3. The topological polar surface area (TPSA) is 61.5 Å². The molecule has 0 saturated carbocycles. The van der Waals surface area contributed by atoms with Crippen LogP contribution in [0, 0.1) is 5.92 Å². The molecule has 26 heavy (non-hydrogen) atoms. The summed E-state index contributed by atoms with van der Waals surface area (Å²) in [4.78, 5) is 7.04. The van der Waals surface area contributed by atoms with Crippen LogP contribution in [-0.2, 0) is 4.74 Å². The lowest BCUT2D eigenvalue weighted by Crippen LogP contribution is -2.59. The Kier molecular flexibility index (Phi) is 6.17. The summed E-state index contributed by atoms with van der Waals surface area (Å²) >= 11 is 0. The number of pyridine rings is 1. The first-order chi connectivity index (χ1) is 12.9. The van der Waals surface area contributed by atoms with Crippen molar-refractivity contribution < 1.29 is 4.74 Å². The van der Waals surface area contributed by atoms with E-state index in [2.05, 4.69) is 32.1 Å². The van der Waals surface area contributed by atoms with E-state index < -0.39 is 0 Å². The summed E-state index contributed by atoms with van der Waals surface area (Å²) in [6.45, 7) is 7.42. The molecule has 3 saturated heterocycles. The molecule has 0 spiro atoms. The average Bonchev–Trinajstić information content (AvgIpc) is 3.19. The standard InChI is InChI=1S/C20H33N5O/c1-2-9-25(10-3-1)20(6-11-26-12-7-20)16-22-14-18-15-23-24-19(18)17-5-4-8-21-13-17/h4-5,8,13,18-19,22-24H,1-3,6-7,9-12,14-16H2. The van der Waals surface area contributed by atoms with Gasteiger partial charge < -0.3 is 10.1 Å². The molecule has 0 bridgehead atoms. The highest BCUT2D eigenvalue weighted by Crippen LogP contribution is 2.31. The predicted octanol–water partition coefficient (Wildman–Crippen LogP) is 1.47. The first kappa shape index (κ1) is 18.3. The van der Waals surface area contributed by atoms with Gasteiger partial charge in [0.2, 0.25) is 0 Å². The van der Waals surface area contributed by atoms with Crippen molar-refractivity contribution in [2.45, 2.75) is 43.7 Å². The van der Waals surface area contributed by atoms with E-state index in [0.29, 0.717) is 17.5 Å². The second-order valence-corrected chi connectivity index (χ2v) is 8.06. The molecule has 0 amide bonds. The van der Waals surface area contributed by atoms with Crippen molar-refractivity contribution in [2.75, 3.05) is 45.9 Å². The molecule has 1 aromatic rings. The van der Waals surface area contributed by atoms with Crippen molar-refractivity contribution in [3.8, 4) is 0 Å². The van der Waals surface area contributed by atoms with Crippen LogP contribution in [0.1, 0.15) is 43.7 Å². The first-order valence-corrected chi connectivity index (χ1v) is 10.3. The highest BCUT2D eigenvalue weighted by Gasteiger charge is 2.39. The maximum absolute atomic E-state index is 5.69. The molecule has 2 atom stereocenters. The summed E-state index contributed by atoms with van der Waals surface area (Å²) in [5.74, 6) is 0.539. The van der Waals surface area contributed by atoms with Gasteiger partial charge in [-0.05, 0) is 50.4 Å². The summed E-state index contributed by atoms with van der Waals surface area (Å²) in [6.07, 6.45) is 10.2. The normalized spacial score (nSPS) is 29.7. The zero-order valence-electron chi connectivity index (χ0n) is 15.8. The third kappa shape index (κ3) is 4.10. The summed E-state index contributed by atoms with van der Waals surface area (Å²) in [5, 5.41) is 3.84. The molecular formula is C20H33N5O. The van der Waals surface area contributed by atoms with Crippen LogP contribution in [0.4, 0.5) is 0 Å². The molecule has 1 aromatic heterocycles. The minimum Gasteiger partial charge on any atom is -0.381 e. The second kappa shape index (κ2) is 8.76. The number of ether oxygens (including phenoxy) is 1. The Balaban J connectivity index is 1.35. The lowest BCUT2D eigenvalue weighted by molar-refractivity contribution is -0.0359. The van der Waals surface area contributed by atoms with Crippen molar-refractivity contribution in [1.29, 1.82) is 0 Å². The summed E-state index contributed by atoms with van der Waals surface area (Å²) in [6, 6.07) is 4.52. The minimum absolute atomic E-state index is 0.294. The van der Waals surface area contributed by atoms with Crippen LogP contribution in [0.5, 0.6) is 0 Å². The number of aromatic nitrogens is 1. The van der Waals surface area contributed by atoms with E-state index in [0.717, 1.165) is 45.7 Å². The first-order valence-electron chi connectivity index (χ1n) is 10.3. The fourth-order valence-corrected chi connectivity index (χ4v) is 4.86. The van der Waals surface area contributed by atoms with Crippen molar-refractivity contribution in [2.24, 2.45) is 5.92 Å². The molecule has 144 valence electrons. The lowest BCUT2D eigenvalue weighted by Gasteiger charge is -2.48. The molecule has 0 radical (unpaired) electrons. The van der Waals surface area contributed by atoms with Gasteiger partial charge in [0.05, 0.1) is 6.04 Å². The fraction of sp³-hybridized carbons (Fsp3) is 0.750. The van der Waals surface area contributed by atoms with Gasteiger partial charge in [-0.1, -0.05) is 12.5 Å². The van der Waals surface area contributed by atoms with Crippen LogP contribution in [-0.4, -0.2) is 61.4 Å². The van der Waals surface area contributed by atoms with Gasteiger partial charge in [-0.15, -0.1) is 0 Å². The molecule has 6 heteroatoms. The van der Waals surface area contributed by atoms with E-state index in [-0.39, 0.29) is 0 Å². The van der Waals surface area contributed by atoms with Crippen molar-refractivity contribution in [3.05, 3.63) is 30.1 Å². The number of piperidine rings is 1. The third-order valence-corrected chi connectivity index (χ3v) is 6.45. The number of rotatable bonds is 6. The molecule has 0 aromatic carbocycles. The van der Waals surface area contributed by atoms with Gasteiger partial charge in [-0.25, -0.2) is 5.43 Å². The van der Waals surface area contributed by atoms with E-state index >= 15 is 0 Å². The van der Waals surface area contributed by atoms with Gasteiger partial charge >= 0.3 is 0 Å². The molecule has 3 aliphatic rings. The van der Waals surface area contributed by atoms with E-state index in [1.807, 2.05) is 18.5 Å². The summed E-state index contributed by atoms with van der Waals surface area (Å²) in [5.41, 5.74) is 8.32. The number of hydrogen-bond donors (Lipinski definition) is 3. The van der Waals surface area contributed by atoms with Crippen LogP contribution < -0.4 is 16.2 Å². The number of likely N-dealkylation sites (tertiary alicyclic amines) is 1. The van der Waals surface area contributed by atoms with Crippen LogP contribution in [0.3, 0.4) is 0 Å². The molecule has 4 heterocycles. The lowest BCUT2D eigenvalue weighted by atomic mass is 9.85. The molecule has 0 aliphatic carbocycles. The molecule has 4 rings (SSSR count). The maximum atomic E-state index is 5.69. The monoisotopic (exact) mass is 359 g/mol. The average molecular weight is 360 g/mol. The highest BCUT2D eigenvalue weighted by molar-refractivity contribution is 5.16. The van der Waals surface area contributed by atoms with Gasteiger partial charge in [0.25, 0.3) is 0 Å². The van der Waals surface area contributed by atoms with Crippen molar-refractivity contribution in [3.63, 3.8) is 0 Å². The van der Waals surface area contributed by atoms with Gasteiger partial charge in [0.15, 0.2) is 0 Å². The zero-order chi connectivity index (χ0) is 17.7. The van der Waals surface area contributed by atoms with E-state index in [1.54, 1.807) is 0 Å². The minimum atomic E-state index is 0.294. The number of hydrazine groups is 1. The molecule has 3 fully saturated rings. The van der Waals surface area contributed by atoms with Crippen LogP contribution in [0.15, 0.2) is 24.5 Å². The Labute approximate surface area is 157 Å². The SMILES string of the molecule is c1cncc(C2NNCC2CNCC2(N3CCCCC3)CCOCC2)c1. The zero-order valence-corrected chi connectivity index (χ0v) is 15.8. The molecular weight excluding hydrogens is 326 g/mol. The van der Waals surface area contributed by atoms with E-state index in [1.165, 1.54) is 37.9 Å². The largest absolute Gasteiger partial charge is 0.381 e. The van der Waals surface area contributed by atoms with Crippen LogP contribution in [0.2, 0.25) is 0 Å². The molecule has 3 aliphatic heterocycles. The van der Waals surface area contributed by atoms with Crippen molar-refractivity contribution in [1.82, 2.24) is 26.1 Å². The van der Waals surface area contributed by atoms with E-state index in [9.17, 15) is 0 Å². The Morgan fingerprint density at radius 1 is 1.23 bits per heavy atom. The van der Waals surface area contributed by atoms with Gasteiger partial charge in [0.1, 0.15) is 0 Å². The molecule has 3 N–H and O–H groups in total. The quantitative estimate of drug-likeness (QED) is 0.715. The maximum Gasteiger partial charge on any atom is 0.0530 e. The van der Waals surface area contributed by atoms with E-state index in [4.69, 9.17) is 4.74 Å². The fourth-order valence-electron chi connectivity index (χ4n) is 4.86. The van der Waals surface area contributed by atoms with Crippen LogP contribution in [0.25, 0.3) is 0 Å². The Morgan fingerprint density at radius 2 is 2.08 bits per heavy atom. The Morgan fingerprint density at radius 3 is 2.85 bits per heavy atom. The Bertz CT molecular complexity index is 542. The van der Waals surface area contributed by atoms with Crippen LogP contribution >= 0.6 is 0 Å². The summed E-state index contributed by atoms with van der Waals surface area (Å²) < 4.78 is 5.69. The van der Waals surface area contributed by atoms with Crippen molar-refractivity contribution >= 4 is 0 Å². The molecule has 6 nitrogen and oxygen atoms in total. The third-order valence-electron chi connectivity index (χ3n) is 6.45.